The summed E-state index contributed by atoms with van der Waals surface area (Å²) < 4.78 is 49.2. The molecule has 54 heavy (non-hydrogen) atoms. The summed E-state index contributed by atoms with van der Waals surface area (Å²) in [5.41, 5.74) is 6.01. The maximum atomic E-state index is 15.6. The molecule has 6 atom stereocenters. The summed E-state index contributed by atoms with van der Waals surface area (Å²) in [7, 11) is -2.86. The molecular weight excluding hydrogens is 721 g/mol. The Balaban J connectivity index is 1.15. The van der Waals surface area contributed by atoms with Crippen molar-refractivity contribution in [3.05, 3.63) is 78.1 Å². The van der Waals surface area contributed by atoms with Gasteiger partial charge in [0, 0.05) is 13.1 Å². The zero-order chi connectivity index (χ0) is 38.0. The van der Waals surface area contributed by atoms with Gasteiger partial charge in [0.15, 0.2) is 17.4 Å². The number of aromatic nitrogens is 4. The van der Waals surface area contributed by atoms with E-state index >= 15 is 4.57 Å². The summed E-state index contributed by atoms with van der Waals surface area (Å²) in [6.45, 7) is 1.37. The number of rotatable bonds is 13. The number of anilines is 1. The fraction of sp³-hybridized carbons (Fsp3) is 0.472. The molecule has 3 fully saturated rings. The van der Waals surface area contributed by atoms with Gasteiger partial charge in [-0.1, -0.05) is 60.7 Å². The van der Waals surface area contributed by atoms with Crippen LogP contribution in [0.15, 0.2) is 67.0 Å². The van der Waals surface area contributed by atoms with Crippen molar-refractivity contribution >= 4 is 36.7 Å². The molecule has 17 nitrogen and oxygen atoms in total. The molecule has 2 aromatic carbocycles. The van der Waals surface area contributed by atoms with Crippen molar-refractivity contribution in [2.24, 2.45) is 0 Å². The minimum absolute atomic E-state index is 0.0251. The Morgan fingerprint density at radius 2 is 1.50 bits per heavy atom. The highest BCUT2D eigenvalue weighted by atomic mass is 31.2. The minimum atomic E-state index is -4.26. The summed E-state index contributed by atoms with van der Waals surface area (Å²) in [5, 5.41) is 23.1. The van der Waals surface area contributed by atoms with E-state index < -0.39 is 62.3 Å². The molecule has 3 aliphatic rings. The van der Waals surface area contributed by atoms with Crippen LogP contribution in [0.2, 0.25) is 0 Å². The maximum Gasteiger partial charge on any atom is 0.347 e. The van der Waals surface area contributed by atoms with Gasteiger partial charge in [-0.3, -0.25) is 18.7 Å². The van der Waals surface area contributed by atoms with Crippen LogP contribution in [-0.2, 0) is 46.1 Å². The summed E-state index contributed by atoms with van der Waals surface area (Å²) in [6, 6.07) is 16.6. The first-order chi connectivity index (χ1) is 26.0. The predicted octanol–water partition coefficient (Wildman–Crippen LogP) is 2.97. The van der Waals surface area contributed by atoms with Crippen LogP contribution in [0.4, 0.5) is 5.95 Å². The number of hydrogen-bond donors (Lipinski definition) is 3. The Morgan fingerprint density at radius 1 is 0.944 bits per heavy atom. The van der Waals surface area contributed by atoms with Gasteiger partial charge < -0.3 is 39.4 Å². The average Bonchev–Trinajstić information content (AvgIpc) is 4.00. The Hall–Kier alpha value is -4.48. The van der Waals surface area contributed by atoms with Crippen LogP contribution >= 0.6 is 7.67 Å². The van der Waals surface area contributed by atoms with Gasteiger partial charge >= 0.3 is 19.6 Å². The first-order valence-corrected chi connectivity index (χ1v) is 19.3. The molecule has 0 bridgehead atoms. The molecule has 3 saturated heterocycles. The highest BCUT2D eigenvalue weighted by Crippen LogP contribution is 2.61. The lowest BCUT2D eigenvalue weighted by Crippen LogP contribution is -2.46. The van der Waals surface area contributed by atoms with Gasteiger partial charge in [-0.05, 0) is 43.7 Å². The Morgan fingerprint density at radius 3 is 2.04 bits per heavy atom. The smallest absolute Gasteiger partial charge is 0.347 e. The number of imidazole rings is 1. The molecule has 0 unspecified atom stereocenters. The fourth-order valence-corrected chi connectivity index (χ4v) is 10.1. The number of methoxy groups -OCH3 is 1. The number of benzene rings is 2. The number of fused-ring (bicyclic) bond motifs is 1. The number of nitrogens with zero attached hydrogens (tertiary/aromatic N) is 6. The molecule has 0 aliphatic carbocycles. The van der Waals surface area contributed by atoms with Crippen LogP contribution in [0.5, 0.6) is 5.88 Å². The molecule has 288 valence electrons. The molecule has 0 amide bonds. The lowest BCUT2D eigenvalue weighted by atomic mass is 9.96. The van der Waals surface area contributed by atoms with Crippen LogP contribution in [0.1, 0.15) is 50.0 Å². The molecule has 0 spiro atoms. The topological polar surface area (TPSA) is 214 Å². The molecule has 0 radical (unpaired) electrons. The lowest BCUT2D eigenvalue weighted by molar-refractivity contribution is -0.149. The van der Waals surface area contributed by atoms with Gasteiger partial charge in [-0.15, -0.1) is 0 Å². The van der Waals surface area contributed by atoms with E-state index in [0.717, 1.165) is 11.1 Å². The highest BCUT2D eigenvalue weighted by molar-refractivity contribution is 7.54. The highest BCUT2D eigenvalue weighted by Gasteiger charge is 2.57. The van der Waals surface area contributed by atoms with Gasteiger partial charge in [-0.25, -0.2) is 14.3 Å². The number of nitrogens with two attached hydrogens (primary N) is 1. The van der Waals surface area contributed by atoms with Crippen molar-refractivity contribution in [3.8, 4) is 5.88 Å². The maximum absolute atomic E-state index is 15.6. The molecular formula is C36H44N7O10P. The van der Waals surface area contributed by atoms with Crippen molar-refractivity contribution in [2.75, 3.05) is 32.5 Å². The third-order valence-electron chi connectivity index (χ3n) is 10.1. The normalized spacial score (nSPS) is 26.3. The second-order valence-corrected chi connectivity index (χ2v) is 16.0. The summed E-state index contributed by atoms with van der Waals surface area (Å²) in [6.07, 6.45) is -0.955. The first kappa shape index (κ1) is 37.8. The number of aliphatic hydroxyl groups is 2. The predicted molar refractivity (Wildman–Crippen MR) is 192 cm³/mol. The van der Waals surface area contributed by atoms with Crippen molar-refractivity contribution in [2.45, 2.75) is 81.9 Å². The Labute approximate surface area is 311 Å². The Bertz CT molecular complexity index is 1920. The largest absolute Gasteiger partial charge is 0.479 e. The second kappa shape index (κ2) is 15.7. The van der Waals surface area contributed by atoms with Crippen LogP contribution in [0.3, 0.4) is 0 Å². The third kappa shape index (κ3) is 7.32. The fourth-order valence-electron chi connectivity index (χ4n) is 7.30. The molecule has 2 aromatic heterocycles. The SMILES string of the molecule is COc1nc(N)nc2c1ncn2[C@@H]1O[C@H](COP(=O)(N2CCC[C@H]2C(=O)OCc2ccccc2)N2CCC[C@H]2C(=O)OCc2ccccc2)[C@@H](O)[C@@]1(C)O. The van der Waals surface area contributed by atoms with Crippen LogP contribution in [0, 0.1) is 0 Å². The number of carbonyl (C=O) groups is 2. The summed E-state index contributed by atoms with van der Waals surface area (Å²) >= 11 is 0. The number of aliphatic hydroxyl groups excluding tert-OH is 1. The van der Waals surface area contributed by atoms with Gasteiger partial charge in [0.25, 0.3) is 0 Å². The van der Waals surface area contributed by atoms with E-state index in [4.69, 9.17) is 29.2 Å². The lowest BCUT2D eigenvalue weighted by Gasteiger charge is -2.39. The monoisotopic (exact) mass is 765 g/mol. The van der Waals surface area contributed by atoms with Crippen LogP contribution in [-0.4, -0.2) is 108 Å². The van der Waals surface area contributed by atoms with E-state index in [1.165, 1.54) is 34.3 Å². The van der Waals surface area contributed by atoms with Crippen molar-refractivity contribution in [1.82, 2.24) is 28.9 Å². The summed E-state index contributed by atoms with van der Waals surface area (Å²) in [4.78, 5) is 39.9. The summed E-state index contributed by atoms with van der Waals surface area (Å²) in [5.74, 6) is -1.15. The van der Waals surface area contributed by atoms with Gasteiger partial charge in [0.1, 0.15) is 43.1 Å². The standard InChI is InChI=1S/C36H44N7O10P/c1-36(47)29(44)27(53-34(36)41-22-38-28-30(41)39-35(37)40-31(28)49-2)21-52-54(48,42-17-9-15-25(42)32(45)50-19-23-11-5-3-6-12-23)43-18-10-16-26(43)33(46)51-20-24-13-7-4-8-14-24/h3-8,11-14,22,25-27,29,34,44,47H,9-10,15-21H2,1-2H3,(H2,37,39,40)/t25-,26-,27+,29+,34+,36+/m0/s1. The van der Waals surface area contributed by atoms with E-state index in [0.29, 0.717) is 25.7 Å². The zero-order valence-electron chi connectivity index (χ0n) is 30.0. The van der Waals surface area contributed by atoms with Gasteiger partial charge in [0.2, 0.25) is 11.8 Å². The Kier molecular flexibility index (Phi) is 11.0. The van der Waals surface area contributed by atoms with Gasteiger partial charge in [-0.2, -0.15) is 9.97 Å². The van der Waals surface area contributed by atoms with Crippen molar-refractivity contribution in [1.29, 1.82) is 0 Å². The molecule has 0 saturated carbocycles. The van der Waals surface area contributed by atoms with Crippen LogP contribution < -0.4 is 10.5 Å². The molecule has 18 heteroatoms. The van der Waals surface area contributed by atoms with Crippen LogP contribution in [0.25, 0.3) is 11.2 Å². The van der Waals surface area contributed by atoms with E-state index in [2.05, 4.69) is 15.0 Å². The number of hydrogen-bond acceptors (Lipinski definition) is 14. The molecule has 5 heterocycles. The quantitative estimate of drug-likeness (QED) is 0.132. The van der Waals surface area contributed by atoms with Crippen molar-refractivity contribution in [3.63, 3.8) is 0 Å². The van der Waals surface area contributed by atoms with Crippen molar-refractivity contribution < 1.29 is 47.8 Å². The average molecular weight is 766 g/mol. The van der Waals surface area contributed by atoms with E-state index in [1.807, 2.05) is 60.7 Å². The zero-order valence-corrected chi connectivity index (χ0v) is 30.9. The van der Waals surface area contributed by atoms with E-state index in [1.54, 1.807) is 0 Å². The van der Waals surface area contributed by atoms with E-state index in [9.17, 15) is 19.8 Å². The number of nitrogen functional groups attached to an aromatic ring is 1. The number of esters is 2. The second-order valence-electron chi connectivity index (χ2n) is 13.7. The first-order valence-electron chi connectivity index (χ1n) is 17.8. The van der Waals surface area contributed by atoms with Gasteiger partial charge in [0.05, 0.1) is 20.0 Å². The number of ether oxygens (including phenoxy) is 4. The molecule has 4 N–H and O–H groups in total. The number of carbonyl (C=O) groups excluding carboxylic acids is 2. The minimum Gasteiger partial charge on any atom is -0.479 e. The molecule has 4 aromatic rings. The molecule has 7 rings (SSSR count). The third-order valence-corrected chi connectivity index (χ3v) is 12.8. The van der Waals surface area contributed by atoms with E-state index in [-0.39, 0.29) is 49.3 Å². The molecule has 3 aliphatic heterocycles.